The van der Waals surface area contributed by atoms with E-state index in [0.29, 0.717) is 11.6 Å². The summed E-state index contributed by atoms with van der Waals surface area (Å²) in [5.41, 5.74) is 2.63. The first-order valence-electron chi connectivity index (χ1n) is 9.40. The van der Waals surface area contributed by atoms with Gasteiger partial charge in [-0.2, -0.15) is 0 Å². The average Bonchev–Trinajstić information content (AvgIpc) is 3.22. The highest BCUT2D eigenvalue weighted by atomic mass is 16.2. The number of hydrogen-bond acceptors (Lipinski definition) is 5. The van der Waals surface area contributed by atoms with Gasteiger partial charge in [0.25, 0.3) is 5.91 Å². The van der Waals surface area contributed by atoms with Crippen molar-refractivity contribution in [1.29, 1.82) is 0 Å². The molecule has 0 radical (unpaired) electrons. The lowest BCUT2D eigenvalue weighted by Gasteiger charge is -2.36. The van der Waals surface area contributed by atoms with Crippen molar-refractivity contribution in [3.8, 4) is 0 Å². The van der Waals surface area contributed by atoms with E-state index in [4.69, 9.17) is 0 Å². The Balaban J connectivity index is 1.47. The lowest BCUT2D eigenvalue weighted by Crippen LogP contribution is -2.47. The van der Waals surface area contributed by atoms with E-state index < -0.39 is 0 Å². The molecule has 2 aromatic rings. The number of amides is 1. The Morgan fingerprint density at radius 3 is 2.23 bits per heavy atom. The van der Waals surface area contributed by atoms with E-state index in [1.807, 2.05) is 24.0 Å². The maximum absolute atomic E-state index is 12.7. The fourth-order valence-corrected chi connectivity index (χ4v) is 3.69. The van der Waals surface area contributed by atoms with Gasteiger partial charge in [-0.25, -0.2) is 9.97 Å². The third-order valence-corrected chi connectivity index (χ3v) is 5.14. The lowest BCUT2D eigenvalue weighted by molar-refractivity contribution is 0.0787. The van der Waals surface area contributed by atoms with Gasteiger partial charge in [0.05, 0.1) is 0 Å². The number of piperazine rings is 1. The first-order valence-corrected chi connectivity index (χ1v) is 9.40. The molecular formula is C20H25N5O. The van der Waals surface area contributed by atoms with Gasteiger partial charge >= 0.3 is 0 Å². The number of nitrogens with zero attached hydrogens (tertiary/aromatic N) is 5. The summed E-state index contributed by atoms with van der Waals surface area (Å²) in [5, 5.41) is 0. The van der Waals surface area contributed by atoms with E-state index >= 15 is 0 Å². The van der Waals surface area contributed by atoms with Gasteiger partial charge in [0.15, 0.2) is 0 Å². The molecule has 1 aromatic heterocycles. The van der Waals surface area contributed by atoms with Crippen LogP contribution < -0.4 is 9.80 Å². The molecule has 3 heterocycles. The number of aryl methyl sites for hydroxylation is 1. The molecule has 0 N–H and O–H groups in total. The molecule has 0 spiro atoms. The lowest BCUT2D eigenvalue weighted by atomic mass is 10.2. The molecule has 0 saturated carbocycles. The molecule has 0 aliphatic carbocycles. The first-order chi connectivity index (χ1) is 12.7. The normalized spacial score (nSPS) is 17.7. The number of carbonyl (C=O) groups is 1. The minimum Gasteiger partial charge on any atom is -0.368 e. The number of hydrogen-bond donors (Lipinski definition) is 0. The predicted molar refractivity (Wildman–Crippen MR) is 103 cm³/mol. The van der Waals surface area contributed by atoms with Crippen molar-refractivity contribution < 1.29 is 4.79 Å². The van der Waals surface area contributed by atoms with Gasteiger partial charge in [0.2, 0.25) is 5.95 Å². The van der Waals surface area contributed by atoms with Gasteiger partial charge < -0.3 is 14.7 Å². The quantitative estimate of drug-likeness (QED) is 0.850. The third kappa shape index (κ3) is 3.49. The number of benzene rings is 1. The summed E-state index contributed by atoms with van der Waals surface area (Å²) in [7, 11) is 0. The van der Waals surface area contributed by atoms with Crippen LogP contribution in [-0.4, -0.2) is 60.0 Å². The topological polar surface area (TPSA) is 52.6 Å². The van der Waals surface area contributed by atoms with Crippen LogP contribution in [0.15, 0.2) is 36.4 Å². The van der Waals surface area contributed by atoms with Crippen molar-refractivity contribution >= 4 is 17.5 Å². The maximum Gasteiger partial charge on any atom is 0.272 e. The van der Waals surface area contributed by atoms with Crippen molar-refractivity contribution in [2.45, 2.75) is 19.8 Å². The molecule has 0 unspecified atom stereocenters. The highest BCUT2D eigenvalue weighted by molar-refractivity contribution is 5.92. The fourth-order valence-electron chi connectivity index (χ4n) is 3.69. The van der Waals surface area contributed by atoms with Crippen LogP contribution in [0.25, 0.3) is 0 Å². The van der Waals surface area contributed by atoms with Crippen LogP contribution in [0.4, 0.5) is 11.6 Å². The van der Waals surface area contributed by atoms with Crippen LogP contribution in [0.2, 0.25) is 0 Å². The monoisotopic (exact) mass is 351 g/mol. The highest BCUT2D eigenvalue weighted by Gasteiger charge is 2.24. The van der Waals surface area contributed by atoms with Crippen LogP contribution >= 0.6 is 0 Å². The Kier molecular flexibility index (Phi) is 4.73. The molecule has 1 amide bonds. The summed E-state index contributed by atoms with van der Waals surface area (Å²) in [5.74, 6) is 0.720. The predicted octanol–water partition coefficient (Wildman–Crippen LogP) is 2.35. The van der Waals surface area contributed by atoms with E-state index in [-0.39, 0.29) is 5.91 Å². The number of likely N-dealkylation sites (tertiary alicyclic amines) is 1. The minimum atomic E-state index is 0.0390. The zero-order chi connectivity index (χ0) is 17.9. The summed E-state index contributed by atoms with van der Waals surface area (Å²) in [6, 6.07) is 12.3. The van der Waals surface area contributed by atoms with E-state index in [0.717, 1.165) is 57.8 Å². The molecule has 0 atom stereocenters. The van der Waals surface area contributed by atoms with Crippen molar-refractivity contribution in [2.24, 2.45) is 0 Å². The summed E-state index contributed by atoms with van der Waals surface area (Å²) >= 11 is 0. The fraction of sp³-hybridized carbons (Fsp3) is 0.450. The highest BCUT2D eigenvalue weighted by Crippen LogP contribution is 2.19. The number of aromatic nitrogens is 2. The SMILES string of the molecule is Cc1cc(C(=O)N2CCCC2)nc(N2CCN(c3ccccc3)CC2)n1. The Labute approximate surface area is 154 Å². The Morgan fingerprint density at radius 2 is 1.54 bits per heavy atom. The zero-order valence-corrected chi connectivity index (χ0v) is 15.3. The summed E-state index contributed by atoms with van der Waals surface area (Å²) in [6.07, 6.45) is 2.17. The molecule has 2 aliphatic heterocycles. The van der Waals surface area contributed by atoms with Gasteiger partial charge in [-0.05, 0) is 38.0 Å². The average molecular weight is 351 g/mol. The van der Waals surface area contributed by atoms with Gasteiger partial charge in [-0.1, -0.05) is 18.2 Å². The largest absolute Gasteiger partial charge is 0.368 e. The van der Waals surface area contributed by atoms with Gasteiger partial charge in [-0.3, -0.25) is 4.79 Å². The second-order valence-corrected chi connectivity index (χ2v) is 7.00. The number of para-hydroxylation sites is 1. The smallest absolute Gasteiger partial charge is 0.272 e. The Bertz CT molecular complexity index is 765. The molecule has 6 heteroatoms. The van der Waals surface area contributed by atoms with Crippen LogP contribution in [0.3, 0.4) is 0 Å². The minimum absolute atomic E-state index is 0.0390. The summed E-state index contributed by atoms with van der Waals surface area (Å²) in [6.45, 7) is 7.19. The van der Waals surface area contributed by atoms with Crippen molar-refractivity contribution in [3.05, 3.63) is 47.8 Å². The molecule has 4 rings (SSSR count). The van der Waals surface area contributed by atoms with E-state index in [1.54, 1.807) is 0 Å². The standard InChI is InChI=1S/C20H25N5O/c1-16-15-18(19(26)24-9-5-6-10-24)22-20(21-16)25-13-11-23(12-14-25)17-7-3-2-4-8-17/h2-4,7-8,15H,5-6,9-14H2,1H3. The van der Waals surface area contributed by atoms with E-state index in [1.165, 1.54) is 5.69 Å². The van der Waals surface area contributed by atoms with Crippen molar-refractivity contribution in [2.75, 3.05) is 49.1 Å². The molecule has 2 aliphatic rings. The van der Waals surface area contributed by atoms with Gasteiger partial charge in [0.1, 0.15) is 5.69 Å². The molecule has 1 aromatic carbocycles. The van der Waals surface area contributed by atoms with E-state index in [9.17, 15) is 4.79 Å². The molecule has 6 nitrogen and oxygen atoms in total. The second kappa shape index (κ2) is 7.32. The molecule has 0 bridgehead atoms. The zero-order valence-electron chi connectivity index (χ0n) is 15.3. The second-order valence-electron chi connectivity index (χ2n) is 7.00. The Hall–Kier alpha value is -2.63. The van der Waals surface area contributed by atoms with Crippen molar-refractivity contribution in [3.63, 3.8) is 0 Å². The number of anilines is 2. The maximum atomic E-state index is 12.7. The molecular weight excluding hydrogens is 326 g/mol. The third-order valence-electron chi connectivity index (χ3n) is 5.14. The molecule has 26 heavy (non-hydrogen) atoms. The first kappa shape index (κ1) is 16.8. The summed E-state index contributed by atoms with van der Waals surface area (Å²) in [4.78, 5) is 28.3. The van der Waals surface area contributed by atoms with Crippen LogP contribution in [0.1, 0.15) is 29.0 Å². The van der Waals surface area contributed by atoms with Crippen molar-refractivity contribution in [1.82, 2.24) is 14.9 Å². The summed E-state index contributed by atoms with van der Waals surface area (Å²) < 4.78 is 0. The van der Waals surface area contributed by atoms with E-state index in [2.05, 4.69) is 44.0 Å². The molecule has 2 fully saturated rings. The number of carbonyl (C=O) groups excluding carboxylic acids is 1. The van der Waals surface area contributed by atoms with Crippen LogP contribution in [0, 0.1) is 6.92 Å². The molecule has 2 saturated heterocycles. The van der Waals surface area contributed by atoms with Crippen LogP contribution in [-0.2, 0) is 0 Å². The Morgan fingerprint density at radius 1 is 0.885 bits per heavy atom. The molecule has 136 valence electrons. The van der Waals surface area contributed by atoms with Gasteiger partial charge in [-0.15, -0.1) is 0 Å². The van der Waals surface area contributed by atoms with Gasteiger partial charge in [0, 0.05) is 50.6 Å². The van der Waals surface area contributed by atoms with Crippen LogP contribution in [0.5, 0.6) is 0 Å². The number of rotatable bonds is 3.